The Bertz CT molecular complexity index is 1020. The molecule has 8 heteroatoms. The van der Waals surface area contributed by atoms with E-state index in [4.69, 9.17) is 0 Å². The van der Waals surface area contributed by atoms with E-state index in [1.54, 1.807) is 10.9 Å². The number of nitrogens with one attached hydrogen (secondary N) is 1. The van der Waals surface area contributed by atoms with Crippen molar-refractivity contribution in [2.24, 2.45) is 0 Å². The zero-order valence-electron chi connectivity index (χ0n) is 18.3. The molecule has 0 aliphatic carbocycles. The fourth-order valence-electron chi connectivity index (χ4n) is 4.10. The van der Waals surface area contributed by atoms with Crippen LogP contribution in [-0.2, 0) is 4.79 Å². The van der Waals surface area contributed by atoms with Gasteiger partial charge in [-0.2, -0.15) is 10.2 Å². The number of nitrogens with zero attached hydrogens (tertiary/aromatic N) is 6. The van der Waals surface area contributed by atoms with Crippen LogP contribution in [-0.4, -0.2) is 63.5 Å². The molecule has 1 unspecified atom stereocenters. The van der Waals surface area contributed by atoms with Crippen LogP contribution in [0, 0.1) is 13.8 Å². The van der Waals surface area contributed by atoms with E-state index < -0.39 is 0 Å². The number of likely N-dealkylation sites (N-methyl/N-ethyl adjacent to an activating group) is 1. The molecular formula is C23H29N7O. The number of benzene rings is 1. The summed E-state index contributed by atoms with van der Waals surface area (Å²) >= 11 is 0. The van der Waals surface area contributed by atoms with Crippen LogP contribution in [0.25, 0.3) is 5.69 Å². The summed E-state index contributed by atoms with van der Waals surface area (Å²) in [6, 6.07) is 14.2. The van der Waals surface area contributed by atoms with Crippen LogP contribution in [0.1, 0.15) is 24.1 Å². The zero-order chi connectivity index (χ0) is 21.8. The van der Waals surface area contributed by atoms with Crippen molar-refractivity contribution in [3.8, 4) is 5.69 Å². The lowest BCUT2D eigenvalue weighted by molar-refractivity contribution is -0.117. The van der Waals surface area contributed by atoms with Gasteiger partial charge in [-0.3, -0.25) is 9.69 Å². The Morgan fingerprint density at radius 3 is 2.77 bits per heavy atom. The maximum atomic E-state index is 12.8. The smallest absolute Gasteiger partial charge is 0.239 e. The van der Waals surface area contributed by atoms with E-state index in [1.165, 1.54) is 5.56 Å². The van der Waals surface area contributed by atoms with Crippen molar-refractivity contribution in [1.29, 1.82) is 0 Å². The quantitative estimate of drug-likeness (QED) is 0.634. The van der Waals surface area contributed by atoms with Crippen LogP contribution in [0.4, 0.5) is 11.6 Å². The van der Waals surface area contributed by atoms with Crippen molar-refractivity contribution in [3.05, 3.63) is 59.9 Å². The summed E-state index contributed by atoms with van der Waals surface area (Å²) < 4.78 is 1.78. The summed E-state index contributed by atoms with van der Waals surface area (Å²) in [7, 11) is 1.98. The highest BCUT2D eigenvalue weighted by atomic mass is 16.2. The minimum atomic E-state index is -0.0557. The molecular weight excluding hydrogens is 390 g/mol. The van der Waals surface area contributed by atoms with E-state index in [2.05, 4.69) is 30.4 Å². The van der Waals surface area contributed by atoms with Gasteiger partial charge in [-0.05, 0) is 58.0 Å². The first-order valence-corrected chi connectivity index (χ1v) is 10.7. The van der Waals surface area contributed by atoms with Crippen LogP contribution in [0.2, 0.25) is 0 Å². The zero-order valence-corrected chi connectivity index (χ0v) is 18.3. The van der Waals surface area contributed by atoms with Crippen molar-refractivity contribution < 1.29 is 4.79 Å². The molecule has 162 valence electrons. The van der Waals surface area contributed by atoms with Gasteiger partial charge in [0.25, 0.3) is 0 Å². The van der Waals surface area contributed by atoms with Crippen LogP contribution < -0.4 is 10.2 Å². The Morgan fingerprint density at radius 2 is 2.03 bits per heavy atom. The van der Waals surface area contributed by atoms with Gasteiger partial charge < -0.3 is 10.2 Å². The summed E-state index contributed by atoms with van der Waals surface area (Å²) in [5.74, 6) is 1.53. The number of anilines is 2. The lowest BCUT2D eigenvalue weighted by Gasteiger charge is -2.28. The highest BCUT2D eigenvalue weighted by molar-refractivity contribution is 5.91. The van der Waals surface area contributed by atoms with Gasteiger partial charge in [0.15, 0.2) is 5.82 Å². The topological polar surface area (TPSA) is 79.2 Å². The average molecular weight is 420 g/mol. The summed E-state index contributed by atoms with van der Waals surface area (Å²) in [4.78, 5) is 17.1. The summed E-state index contributed by atoms with van der Waals surface area (Å²) in [5, 5.41) is 15.8. The van der Waals surface area contributed by atoms with Gasteiger partial charge in [-0.1, -0.05) is 17.7 Å². The molecule has 3 aromatic rings. The minimum absolute atomic E-state index is 0.0557. The first-order chi connectivity index (χ1) is 15.0. The van der Waals surface area contributed by atoms with Crippen LogP contribution in [0.3, 0.4) is 0 Å². The first kappa shape index (κ1) is 21.0. The highest BCUT2D eigenvalue weighted by Crippen LogP contribution is 2.23. The van der Waals surface area contributed by atoms with Gasteiger partial charge >= 0.3 is 0 Å². The van der Waals surface area contributed by atoms with E-state index in [1.807, 2.05) is 63.4 Å². The molecule has 1 atom stereocenters. The Morgan fingerprint density at radius 1 is 1.23 bits per heavy atom. The lowest BCUT2D eigenvalue weighted by Crippen LogP contribution is -2.42. The predicted octanol–water partition coefficient (Wildman–Crippen LogP) is 2.82. The maximum Gasteiger partial charge on any atom is 0.239 e. The number of hydrogen-bond donors (Lipinski definition) is 1. The molecule has 4 rings (SSSR count). The molecule has 1 aliphatic heterocycles. The van der Waals surface area contributed by atoms with Crippen molar-refractivity contribution in [2.75, 3.05) is 36.9 Å². The fourth-order valence-corrected chi connectivity index (χ4v) is 4.10. The van der Waals surface area contributed by atoms with Gasteiger partial charge in [0.1, 0.15) is 5.82 Å². The highest BCUT2D eigenvalue weighted by Gasteiger charge is 2.27. The van der Waals surface area contributed by atoms with Crippen LogP contribution in [0.5, 0.6) is 0 Å². The molecule has 0 bridgehead atoms. The molecule has 1 fully saturated rings. The van der Waals surface area contributed by atoms with E-state index in [0.29, 0.717) is 18.4 Å². The third kappa shape index (κ3) is 5.08. The molecule has 3 heterocycles. The third-order valence-corrected chi connectivity index (χ3v) is 5.54. The maximum absolute atomic E-state index is 12.8. The lowest BCUT2D eigenvalue weighted by atomic mass is 10.2. The van der Waals surface area contributed by atoms with Crippen LogP contribution in [0.15, 0.2) is 48.7 Å². The average Bonchev–Trinajstić information content (AvgIpc) is 3.35. The largest absolute Gasteiger partial charge is 0.351 e. The van der Waals surface area contributed by atoms with Crippen LogP contribution >= 0.6 is 0 Å². The molecule has 0 spiro atoms. The standard InChI is InChI=1S/C23H29N7O/c1-17-8-10-19(11-9-17)30-22(14-18(2)27-30)25-23(31)16-28(3)15-20-6-5-13-29(20)21-7-4-12-24-26-21/h4,7-12,14,20H,5-6,13,15-16H2,1-3H3,(H,25,31). The van der Waals surface area contributed by atoms with Crippen molar-refractivity contribution >= 4 is 17.5 Å². The van der Waals surface area contributed by atoms with Gasteiger partial charge in [-0.15, -0.1) is 5.10 Å². The van der Waals surface area contributed by atoms with E-state index in [-0.39, 0.29) is 5.91 Å². The normalized spacial score (nSPS) is 16.1. The summed E-state index contributed by atoms with van der Waals surface area (Å²) in [6.45, 7) is 6.04. The Hall–Kier alpha value is -3.26. The number of carbonyl (C=O) groups excluding carboxylic acids is 1. The number of carbonyl (C=O) groups is 1. The van der Waals surface area contributed by atoms with Crippen molar-refractivity contribution in [2.45, 2.75) is 32.7 Å². The SMILES string of the molecule is Cc1ccc(-n2nc(C)cc2NC(=O)CN(C)CC2CCCN2c2cccnn2)cc1. The number of amides is 1. The molecule has 1 aromatic carbocycles. The molecule has 2 aromatic heterocycles. The molecule has 0 saturated carbocycles. The molecule has 1 N–H and O–H groups in total. The second kappa shape index (κ2) is 9.26. The molecule has 1 saturated heterocycles. The monoisotopic (exact) mass is 419 g/mol. The number of hydrogen-bond acceptors (Lipinski definition) is 6. The Balaban J connectivity index is 1.37. The van der Waals surface area contributed by atoms with E-state index in [9.17, 15) is 4.79 Å². The van der Waals surface area contributed by atoms with E-state index >= 15 is 0 Å². The van der Waals surface area contributed by atoms with Gasteiger partial charge in [-0.25, -0.2) is 4.68 Å². The summed E-state index contributed by atoms with van der Waals surface area (Å²) in [5.41, 5.74) is 2.96. The summed E-state index contributed by atoms with van der Waals surface area (Å²) in [6.07, 6.45) is 3.90. The molecule has 0 radical (unpaired) electrons. The number of rotatable bonds is 7. The minimum Gasteiger partial charge on any atom is -0.351 e. The number of aryl methyl sites for hydroxylation is 2. The predicted molar refractivity (Wildman–Crippen MR) is 122 cm³/mol. The Labute approximate surface area is 182 Å². The Kier molecular flexibility index (Phi) is 6.27. The van der Waals surface area contributed by atoms with Gasteiger partial charge in [0.2, 0.25) is 5.91 Å². The van der Waals surface area contributed by atoms with Crippen molar-refractivity contribution in [1.82, 2.24) is 24.9 Å². The van der Waals surface area contributed by atoms with Crippen molar-refractivity contribution in [3.63, 3.8) is 0 Å². The fraction of sp³-hybridized carbons (Fsp3) is 0.391. The molecule has 1 amide bonds. The van der Waals surface area contributed by atoms with E-state index in [0.717, 1.165) is 43.1 Å². The third-order valence-electron chi connectivity index (χ3n) is 5.54. The molecule has 1 aliphatic rings. The first-order valence-electron chi connectivity index (χ1n) is 10.7. The molecule has 8 nitrogen and oxygen atoms in total. The van der Waals surface area contributed by atoms with Gasteiger partial charge in [0.05, 0.1) is 17.9 Å². The second-order valence-electron chi connectivity index (χ2n) is 8.23. The van der Waals surface area contributed by atoms with Gasteiger partial charge in [0, 0.05) is 31.4 Å². The number of aromatic nitrogens is 4. The second-order valence-corrected chi connectivity index (χ2v) is 8.23. The molecule has 31 heavy (non-hydrogen) atoms.